The maximum absolute atomic E-state index is 11.7. The molecule has 7 nitrogen and oxygen atoms in total. The Bertz CT molecular complexity index is 834. The van der Waals surface area contributed by atoms with Gasteiger partial charge in [-0.15, -0.1) is 11.3 Å². The molecule has 0 spiro atoms. The van der Waals surface area contributed by atoms with Crippen LogP contribution in [-0.4, -0.2) is 37.7 Å². The van der Waals surface area contributed by atoms with Crippen LogP contribution in [0.15, 0.2) is 35.7 Å². The second-order valence-corrected chi connectivity index (χ2v) is 7.79. The molecule has 29 heavy (non-hydrogen) atoms. The van der Waals surface area contributed by atoms with E-state index in [1.807, 2.05) is 36.6 Å². The SMILES string of the molecule is Cc1cc(OCC(=O)OCC(=O)NC(=O)NCCc2cccs2)ccc1C(C)C. The third-order valence-electron chi connectivity index (χ3n) is 4.07. The molecule has 2 rings (SSSR count). The minimum Gasteiger partial charge on any atom is -0.482 e. The number of benzene rings is 1. The van der Waals surface area contributed by atoms with Gasteiger partial charge in [0.15, 0.2) is 13.2 Å². The molecule has 0 radical (unpaired) electrons. The quantitative estimate of drug-likeness (QED) is 0.610. The van der Waals surface area contributed by atoms with Gasteiger partial charge in [0.1, 0.15) is 5.75 Å². The molecule has 0 unspecified atom stereocenters. The van der Waals surface area contributed by atoms with Crippen LogP contribution in [0.25, 0.3) is 0 Å². The minimum atomic E-state index is -0.705. The zero-order chi connectivity index (χ0) is 21.2. The molecule has 1 heterocycles. The van der Waals surface area contributed by atoms with Gasteiger partial charge in [-0.3, -0.25) is 10.1 Å². The van der Waals surface area contributed by atoms with Gasteiger partial charge in [-0.05, 0) is 54.0 Å². The molecule has 2 N–H and O–H groups in total. The van der Waals surface area contributed by atoms with Gasteiger partial charge < -0.3 is 14.8 Å². The standard InChI is InChI=1S/C21H26N2O5S/c1-14(2)18-7-6-16(11-15(18)3)27-13-20(25)28-12-19(24)23-21(26)22-9-8-17-5-4-10-29-17/h4-7,10-11,14H,8-9,12-13H2,1-3H3,(H2,22,23,24,26). The summed E-state index contributed by atoms with van der Waals surface area (Å²) in [4.78, 5) is 36.2. The topological polar surface area (TPSA) is 93.7 Å². The van der Waals surface area contributed by atoms with Crippen LogP contribution in [0.3, 0.4) is 0 Å². The lowest BCUT2D eigenvalue weighted by atomic mass is 9.98. The number of aryl methyl sites for hydroxylation is 1. The smallest absolute Gasteiger partial charge is 0.344 e. The molecule has 0 aliphatic heterocycles. The molecule has 8 heteroatoms. The van der Waals surface area contributed by atoms with Crippen molar-refractivity contribution in [3.8, 4) is 5.75 Å². The van der Waals surface area contributed by atoms with Gasteiger partial charge in [-0.1, -0.05) is 26.0 Å². The number of ether oxygens (including phenoxy) is 2. The summed E-state index contributed by atoms with van der Waals surface area (Å²) in [6.07, 6.45) is 0.684. The third-order valence-corrected chi connectivity index (χ3v) is 5.01. The molecule has 3 amide bonds. The first-order valence-corrected chi connectivity index (χ1v) is 10.2. The van der Waals surface area contributed by atoms with Crippen LogP contribution in [0.5, 0.6) is 5.75 Å². The first-order valence-electron chi connectivity index (χ1n) is 9.34. The molecule has 0 bridgehead atoms. The summed E-state index contributed by atoms with van der Waals surface area (Å²) in [5.74, 6) is -0.438. The molecule has 0 saturated heterocycles. The molecule has 1 aromatic heterocycles. The summed E-state index contributed by atoms with van der Waals surface area (Å²) >= 11 is 1.60. The summed E-state index contributed by atoms with van der Waals surface area (Å²) < 4.78 is 10.2. The normalized spacial score (nSPS) is 10.5. The van der Waals surface area contributed by atoms with Gasteiger partial charge in [0.2, 0.25) is 0 Å². The van der Waals surface area contributed by atoms with Crippen molar-refractivity contribution < 1.29 is 23.9 Å². The van der Waals surface area contributed by atoms with E-state index in [2.05, 4.69) is 24.5 Å². The Morgan fingerprint density at radius 2 is 1.93 bits per heavy atom. The van der Waals surface area contributed by atoms with Crippen LogP contribution >= 0.6 is 11.3 Å². The molecule has 1 aromatic carbocycles. The van der Waals surface area contributed by atoms with Crippen LogP contribution < -0.4 is 15.4 Å². The molecule has 0 fully saturated rings. The summed E-state index contributed by atoms with van der Waals surface area (Å²) in [6.45, 7) is 5.73. The highest BCUT2D eigenvalue weighted by molar-refractivity contribution is 7.09. The number of carbonyl (C=O) groups is 3. The number of esters is 1. The first kappa shape index (κ1) is 22.4. The van der Waals surface area contributed by atoms with Crippen LogP contribution in [-0.2, 0) is 20.7 Å². The van der Waals surface area contributed by atoms with Crippen molar-refractivity contribution in [3.05, 3.63) is 51.7 Å². The molecule has 2 aromatic rings. The van der Waals surface area contributed by atoms with Crippen molar-refractivity contribution in [3.63, 3.8) is 0 Å². The van der Waals surface area contributed by atoms with E-state index >= 15 is 0 Å². The number of imide groups is 1. The highest BCUT2D eigenvalue weighted by atomic mass is 32.1. The van der Waals surface area contributed by atoms with Crippen molar-refractivity contribution >= 4 is 29.2 Å². The number of amides is 3. The number of hydrogen-bond donors (Lipinski definition) is 2. The molecule has 0 aliphatic rings. The molecule has 0 saturated carbocycles. The summed E-state index contributed by atoms with van der Waals surface area (Å²) in [6, 6.07) is 8.89. The summed E-state index contributed by atoms with van der Waals surface area (Å²) in [5, 5.41) is 6.64. The lowest BCUT2D eigenvalue weighted by molar-refractivity contribution is -0.150. The fourth-order valence-electron chi connectivity index (χ4n) is 2.68. The number of rotatable bonds is 9. The van der Waals surface area contributed by atoms with Gasteiger partial charge in [0.05, 0.1) is 0 Å². The van der Waals surface area contributed by atoms with Gasteiger partial charge in [-0.25, -0.2) is 9.59 Å². The fourth-order valence-corrected chi connectivity index (χ4v) is 3.39. The Hall–Kier alpha value is -2.87. The Kier molecular flexibility index (Phi) is 8.67. The molecule has 0 atom stereocenters. The Labute approximate surface area is 174 Å². The van der Waals surface area contributed by atoms with E-state index < -0.39 is 24.5 Å². The van der Waals surface area contributed by atoms with Crippen LogP contribution in [0.1, 0.15) is 35.8 Å². The van der Waals surface area contributed by atoms with E-state index in [4.69, 9.17) is 9.47 Å². The maximum atomic E-state index is 11.7. The second-order valence-electron chi connectivity index (χ2n) is 6.76. The van der Waals surface area contributed by atoms with Crippen LogP contribution in [0.4, 0.5) is 4.79 Å². The van der Waals surface area contributed by atoms with E-state index in [-0.39, 0.29) is 6.61 Å². The van der Waals surface area contributed by atoms with Crippen molar-refractivity contribution in [1.29, 1.82) is 0 Å². The van der Waals surface area contributed by atoms with Gasteiger partial charge in [-0.2, -0.15) is 0 Å². The predicted octanol–water partition coefficient (Wildman–Crippen LogP) is 3.17. The number of thiophene rings is 1. The zero-order valence-corrected chi connectivity index (χ0v) is 17.6. The molecular weight excluding hydrogens is 392 g/mol. The Morgan fingerprint density at radius 1 is 1.14 bits per heavy atom. The lowest BCUT2D eigenvalue weighted by Crippen LogP contribution is -2.42. The highest BCUT2D eigenvalue weighted by Gasteiger charge is 2.12. The largest absolute Gasteiger partial charge is 0.482 e. The Morgan fingerprint density at radius 3 is 2.59 bits per heavy atom. The summed E-state index contributed by atoms with van der Waals surface area (Å²) in [5.41, 5.74) is 2.29. The molecular formula is C21H26N2O5S. The maximum Gasteiger partial charge on any atom is 0.344 e. The predicted molar refractivity (Wildman–Crippen MR) is 111 cm³/mol. The number of urea groups is 1. The van der Waals surface area contributed by atoms with Gasteiger partial charge in [0, 0.05) is 11.4 Å². The number of nitrogens with one attached hydrogen (secondary N) is 2. The number of carbonyl (C=O) groups excluding carboxylic acids is 3. The first-order chi connectivity index (χ1) is 13.8. The second kappa shape index (κ2) is 11.2. The monoisotopic (exact) mass is 418 g/mol. The fraction of sp³-hybridized carbons (Fsp3) is 0.381. The van der Waals surface area contributed by atoms with E-state index in [1.165, 1.54) is 5.56 Å². The van der Waals surface area contributed by atoms with Crippen LogP contribution in [0.2, 0.25) is 0 Å². The van der Waals surface area contributed by atoms with Gasteiger partial charge >= 0.3 is 12.0 Å². The third kappa shape index (κ3) is 7.95. The van der Waals surface area contributed by atoms with E-state index in [0.29, 0.717) is 24.6 Å². The minimum absolute atomic E-state index is 0.319. The van der Waals surface area contributed by atoms with Crippen molar-refractivity contribution in [2.24, 2.45) is 0 Å². The highest BCUT2D eigenvalue weighted by Crippen LogP contribution is 2.23. The molecule has 156 valence electrons. The lowest BCUT2D eigenvalue weighted by Gasteiger charge is -2.12. The van der Waals surface area contributed by atoms with E-state index in [0.717, 1.165) is 10.4 Å². The molecule has 0 aliphatic carbocycles. The van der Waals surface area contributed by atoms with Crippen molar-refractivity contribution in [2.75, 3.05) is 19.8 Å². The van der Waals surface area contributed by atoms with Crippen LogP contribution in [0, 0.1) is 6.92 Å². The Balaban J connectivity index is 1.63. The average Bonchev–Trinajstić information content (AvgIpc) is 3.18. The number of hydrogen-bond acceptors (Lipinski definition) is 6. The van der Waals surface area contributed by atoms with E-state index in [1.54, 1.807) is 17.4 Å². The van der Waals surface area contributed by atoms with Gasteiger partial charge in [0.25, 0.3) is 5.91 Å². The van der Waals surface area contributed by atoms with Crippen molar-refractivity contribution in [1.82, 2.24) is 10.6 Å². The zero-order valence-electron chi connectivity index (χ0n) is 16.8. The van der Waals surface area contributed by atoms with Crippen molar-refractivity contribution in [2.45, 2.75) is 33.1 Å². The average molecular weight is 419 g/mol. The summed E-state index contributed by atoms with van der Waals surface area (Å²) in [7, 11) is 0. The van der Waals surface area contributed by atoms with E-state index in [9.17, 15) is 14.4 Å².